The lowest BCUT2D eigenvalue weighted by molar-refractivity contribution is 0.322. The van der Waals surface area contributed by atoms with E-state index in [0.29, 0.717) is 0 Å². The van der Waals surface area contributed by atoms with E-state index in [2.05, 4.69) is 32.4 Å². The quantitative estimate of drug-likeness (QED) is 0.503. The molecule has 0 saturated carbocycles. The second-order valence-corrected chi connectivity index (χ2v) is 5.08. The van der Waals surface area contributed by atoms with Crippen LogP contribution in [0.15, 0.2) is 30.6 Å². The maximum atomic E-state index is 3.78. The zero-order chi connectivity index (χ0) is 14.8. The predicted octanol–water partition coefficient (Wildman–Crippen LogP) is 1.81. The first-order valence-electron chi connectivity index (χ1n) is 8.06. The van der Waals surface area contributed by atoms with Crippen molar-refractivity contribution in [2.45, 2.75) is 51.4 Å². The molecule has 0 aliphatic carbocycles. The molecule has 1 aliphatic heterocycles. The van der Waals surface area contributed by atoms with Gasteiger partial charge in [-0.1, -0.05) is 44.6 Å². The highest BCUT2D eigenvalue weighted by Crippen LogP contribution is 2.07. The Labute approximate surface area is 128 Å². The molecule has 6 nitrogen and oxygen atoms in total. The van der Waals surface area contributed by atoms with Gasteiger partial charge in [-0.2, -0.15) is 16.6 Å². The highest BCUT2D eigenvalue weighted by molar-refractivity contribution is 4.88. The van der Waals surface area contributed by atoms with Crippen LogP contribution in [0.2, 0.25) is 0 Å². The van der Waals surface area contributed by atoms with Gasteiger partial charge in [-0.25, -0.2) is 10.9 Å². The number of hydrazine groups is 4. The van der Waals surface area contributed by atoms with Gasteiger partial charge >= 0.3 is 0 Å². The summed E-state index contributed by atoms with van der Waals surface area (Å²) in [6.07, 6.45) is 14.2. The van der Waals surface area contributed by atoms with E-state index in [1.54, 1.807) is 12.4 Å². The molecule has 0 atom stereocenters. The molecule has 1 aliphatic rings. The Kier molecular flexibility index (Phi) is 13.1. The molecule has 5 N–H and O–H groups in total. The normalized spacial score (nSPS) is 19.4. The molecule has 2 heterocycles. The molecule has 1 fully saturated rings. The topological polar surface area (TPSA) is 73.0 Å². The molecule has 6 heteroatoms. The Morgan fingerprint density at radius 2 is 1.00 bits per heavy atom. The van der Waals surface area contributed by atoms with E-state index in [1.807, 2.05) is 18.2 Å². The summed E-state index contributed by atoms with van der Waals surface area (Å²) < 4.78 is 0. The maximum Gasteiger partial charge on any atom is 0.0267 e. The van der Waals surface area contributed by atoms with E-state index >= 15 is 0 Å². The molecule has 1 aromatic rings. The van der Waals surface area contributed by atoms with E-state index in [0.717, 1.165) is 13.1 Å². The second kappa shape index (κ2) is 15.3. The summed E-state index contributed by atoms with van der Waals surface area (Å²) in [6, 6.07) is 5.72. The molecular formula is C15H30N6. The first kappa shape index (κ1) is 18.0. The summed E-state index contributed by atoms with van der Waals surface area (Å²) in [4.78, 5) is 3.78. The van der Waals surface area contributed by atoms with Crippen LogP contribution in [0.5, 0.6) is 0 Å². The van der Waals surface area contributed by atoms with E-state index < -0.39 is 0 Å². The molecular weight excluding hydrogens is 264 g/mol. The fraction of sp³-hybridized carbons (Fsp3) is 0.667. The van der Waals surface area contributed by atoms with E-state index in [9.17, 15) is 0 Å². The van der Waals surface area contributed by atoms with Crippen LogP contribution in [-0.4, -0.2) is 18.1 Å². The van der Waals surface area contributed by atoms with Crippen LogP contribution < -0.4 is 27.5 Å². The number of hydrogen-bond acceptors (Lipinski definition) is 6. The lowest BCUT2D eigenvalue weighted by Crippen LogP contribution is -2.55. The number of rotatable bonds is 0. The van der Waals surface area contributed by atoms with Crippen molar-refractivity contribution in [3.8, 4) is 0 Å². The standard InChI is InChI=1S/C10H25N5.C5H5N/c1-2-4-6-8-10-12-14-15-13-11-9-7-5-3-1;1-2-4-6-5-3-1/h11-15H,1-10H2;1-5H. The van der Waals surface area contributed by atoms with Crippen molar-refractivity contribution in [1.29, 1.82) is 0 Å². The van der Waals surface area contributed by atoms with Crippen molar-refractivity contribution in [3.05, 3.63) is 30.6 Å². The molecule has 0 unspecified atom stereocenters. The summed E-state index contributed by atoms with van der Waals surface area (Å²) in [5.41, 5.74) is 14.8. The summed E-state index contributed by atoms with van der Waals surface area (Å²) in [6.45, 7) is 2.02. The van der Waals surface area contributed by atoms with Crippen molar-refractivity contribution in [1.82, 2.24) is 32.4 Å². The Balaban J connectivity index is 0.000000304. The summed E-state index contributed by atoms with van der Waals surface area (Å²) >= 11 is 0. The average molecular weight is 294 g/mol. The Hall–Kier alpha value is -1.05. The maximum absolute atomic E-state index is 3.78. The van der Waals surface area contributed by atoms with Crippen LogP contribution in [0.1, 0.15) is 51.4 Å². The molecule has 0 radical (unpaired) electrons. The monoisotopic (exact) mass is 294 g/mol. The SMILES string of the molecule is C1CCCCCNNNNNCCCC1.c1ccncc1. The zero-order valence-electron chi connectivity index (χ0n) is 12.9. The minimum absolute atomic E-state index is 1.01. The van der Waals surface area contributed by atoms with Crippen LogP contribution in [0, 0.1) is 0 Å². The Bertz CT molecular complexity index is 210. The van der Waals surface area contributed by atoms with Crippen molar-refractivity contribution < 1.29 is 0 Å². The summed E-state index contributed by atoms with van der Waals surface area (Å²) in [5.74, 6) is 0. The Morgan fingerprint density at radius 3 is 1.38 bits per heavy atom. The van der Waals surface area contributed by atoms with Gasteiger partial charge in [0.25, 0.3) is 0 Å². The average Bonchev–Trinajstić information content (AvgIpc) is 2.56. The number of nitrogens with one attached hydrogen (secondary N) is 5. The third-order valence-corrected chi connectivity index (χ3v) is 3.22. The zero-order valence-corrected chi connectivity index (χ0v) is 12.9. The van der Waals surface area contributed by atoms with Gasteiger partial charge in [0.1, 0.15) is 0 Å². The largest absolute Gasteiger partial charge is 0.265 e. The molecule has 0 bridgehead atoms. The van der Waals surface area contributed by atoms with E-state index in [-0.39, 0.29) is 0 Å². The minimum atomic E-state index is 1.01. The summed E-state index contributed by atoms with van der Waals surface area (Å²) in [5, 5.41) is 0. The molecule has 120 valence electrons. The van der Waals surface area contributed by atoms with Crippen LogP contribution in [0.3, 0.4) is 0 Å². The van der Waals surface area contributed by atoms with Gasteiger partial charge in [0, 0.05) is 25.5 Å². The summed E-state index contributed by atoms with van der Waals surface area (Å²) in [7, 11) is 0. The van der Waals surface area contributed by atoms with Crippen LogP contribution >= 0.6 is 0 Å². The van der Waals surface area contributed by atoms with Gasteiger partial charge in [-0.15, -0.1) is 0 Å². The minimum Gasteiger partial charge on any atom is -0.265 e. The first-order chi connectivity index (χ1) is 10.5. The van der Waals surface area contributed by atoms with Crippen molar-refractivity contribution >= 4 is 0 Å². The fourth-order valence-corrected chi connectivity index (χ4v) is 2.04. The van der Waals surface area contributed by atoms with Gasteiger partial charge < -0.3 is 0 Å². The third-order valence-electron chi connectivity index (χ3n) is 3.22. The van der Waals surface area contributed by atoms with Gasteiger partial charge in [0.05, 0.1) is 0 Å². The van der Waals surface area contributed by atoms with Gasteiger partial charge in [-0.3, -0.25) is 4.98 Å². The molecule has 0 spiro atoms. The smallest absolute Gasteiger partial charge is 0.0267 e. The van der Waals surface area contributed by atoms with Gasteiger partial charge in [-0.05, 0) is 25.0 Å². The molecule has 1 aromatic heterocycles. The van der Waals surface area contributed by atoms with E-state index in [4.69, 9.17) is 0 Å². The molecule has 21 heavy (non-hydrogen) atoms. The number of nitrogens with zero attached hydrogens (tertiary/aromatic N) is 1. The second-order valence-electron chi connectivity index (χ2n) is 5.08. The van der Waals surface area contributed by atoms with Crippen molar-refractivity contribution in [2.75, 3.05) is 13.1 Å². The van der Waals surface area contributed by atoms with Crippen LogP contribution in [0.25, 0.3) is 0 Å². The van der Waals surface area contributed by atoms with Crippen LogP contribution in [-0.2, 0) is 0 Å². The van der Waals surface area contributed by atoms with E-state index in [1.165, 1.54) is 51.4 Å². The molecule has 0 aromatic carbocycles. The fourth-order valence-electron chi connectivity index (χ4n) is 2.04. The number of hydrogen-bond donors (Lipinski definition) is 5. The lowest BCUT2D eigenvalue weighted by atomic mass is 10.1. The third kappa shape index (κ3) is 13.7. The highest BCUT2D eigenvalue weighted by Gasteiger charge is 1.93. The number of pyridine rings is 1. The highest BCUT2D eigenvalue weighted by atomic mass is 15.8. The predicted molar refractivity (Wildman–Crippen MR) is 86.6 cm³/mol. The first-order valence-corrected chi connectivity index (χ1v) is 8.06. The molecule has 0 amide bonds. The van der Waals surface area contributed by atoms with Crippen molar-refractivity contribution in [3.63, 3.8) is 0 Å². The molecule has 2 rings (SSSR count). The molecule has 1 saturated heterocycles. The van der Waals surface area contributed by atoms with Gasteiger partial charge in [0.2, 0.25) is 0 Å². The Morgan fingerprint density at radius 1 is 0.524 bits per heavy atom. The van der Waals surface area contributed by atoms with Gasteiger partial charge in [0.15, 0.2) is 0 Å². The number of aromatic nitrogens is 1. The lowest BCUT2D eigenvalue weighted by Gasteiger charge is -2.10. The van der Waals surface area contributed by atoms with Crippen LogP contribution in [0.4, 0.5) is 0 Å². The van der Waals surface area contributed by atoms with Crippen molar-refractivity contribution in [2.24, 2.45) is 0 Å².